The van der Waals surface area contributed by atoms with E-state index < -0.39 is 0 Å². The average Bonchev–Trinajstić information content (AvgIpc) is 2.73. The molecule has 1 heterocycles. The molecule has 0 fully saturated rings. The summed E-state index contributed by atoms with van der Waals surface area (Å²) in [6, 6.07) is 0.218. The predicted octanol–water partition coefficient (Wildman–Crippen LogP) is 2.49. The topological polar surface area (TPSA) is 51.7 Å². The van der Waals surface area contributed by atoms with Gasteiger partial charge in [0.05, 0.1) is 19.3 Å². The normalized spacial score (nSPS) is 12.3. The molecule has 0 spiro atoms. The number of aryl methyl sites for hydroxylation is 1. The predicted molar refractivity (Wildman–Crippen MR) is 77.2 cm³/mol. The van der Waals surface area contributed by atoms with E-state index in [4.69, 9.17) is 9.47 Å². The number of thiazole rings is 1. The number of rotatable bonds is 7. The molecule has 0 aliphatic heterocycles. The molecule has 0 aliphatic rings. The summed E-state index contributed by atoms with van der Waals surface area (Å²) in [5.74, 6) is -0.349. The molecule has 0 saturated carbocycles. The van der Waals surface area contributed by atoms with Crippen molar-refractivity contribution in [3.05, 3.63) is 10.6 Å². The van der Waals surface area contributed by atoms with Crippen LogP contribution in [0.4, 0.5) is 5.13 Å². The van der Waals surface area contributed by atoms with Crippen LogP contribution in [0.15, 0.2) is 0 Å². The first-order chi connectivity index (χ1) is 9.04. The molecule has 5 nitrogen and oxygen atoms in total. The van der Waals surface area contributed by atoms with Crippen molar-refractivity contribution in [3.8, 4) is 0 Å². The highest BCUT2D eigenvalue weighted by molar-refractivity contribution is 7.15. The number of esters is 1. The van der Waals surface area contributed by atoms with Gasteiger partial charge >= 0.3 is 5.97 Å². The van der Waals surface area contributed by atoms with E-state index in [0.29, 0.717) is 18.9 Å². The van der Waals surface area contributed by atoms with Crippen LogP contribution in [0.2, 0.25) is 0 Å². The zero-order valence-electron chi connectivity index (χ0n) is 12.2. The maximum absolute atomic E-state index is 11.8. The molecule has 0 N–H and O–H groups in total. The molecule has 19 heavy (non-hydrogen) atoms. The Balaban J connectivity index is 2.94. The minimum absolute atomic E-state index is 0.218. The molecule has 0 saturated heterocycles. The van der Waals surface area contributed by atoms with Crippen molar-refractivity contribution in [2.45, 2.75) is 33.7 Å². The Labute approximate surface area is 118 Å². The molecule has 1 aromatic rings. The smallest absolute Gasteiger partial charge is 0.358 e. The van der Waals surface area contributed by atoms with Crippen molar-refractivity contribution in [2.75, 3.05) is 31.8 Å². The number of nitrogens with zero attached hydrogens (tertiary/aromatic N) is 2. The van der Waals surface area contributed by atoms with Crippen LogP contribution >= 0.6 is 11.3 Å². The lowest BCUT2D eigenvalue weighted by Gasteiger charge is -2.26. The Morgan fingerprint density at radius 1 is 1.47 bits per heavy atom. The minimum atomic E-state index is -0.349. The Hall–Kier alpha value is -1.14. The van der Waals surface area contributed by atoms with Gasteiger partial charge in [-0.2, -0.15) is 0 Å². The number of carbonyl (C=O) groups is 1. The van der Waals surface area contributed by atoms with E-state index in [-0.39, 0.29) is 12.0 Å². The lowest BCUT2D eigenvalue weighted by Crippen LogP contribution is -2.36. The Bertz CT molecular complexity index is 420. The lowest BCUT2D eigenvalue weighted by molar-refractivity contribution is 0.0519. The Morgan fingerprint density at radius 2 is 2.16 bits per heavy atom. The molecule has 0 bridgehead atoms. The van der Waals surface area contributed by atoms with E-state index in [9.17, 15) is 4.79 Å². The van der Waals surface area contributed by atoms with E-state index in [2.05, 4.69) is 23.7 Å². The van der Waals surface area contributed by atoms with E-state index >= 15 is 0 Å². The summed E-state index contributed by atoms with van der Waals surface area (Å²) in [6.45, 7) is 9.63. The molecule has 0 aromatic carbocycles. The van der Waals surface area contributed by atoms with Gasteiger partial charge in [0.2, 0.25) is 0 Å². The maximum atomic E-state index is 11.8. The van der Waals surface area contributed by atoms with Gasteiger partial charge < -0.3 is 14.4 Å². The summed E-state index contributed by atoms with van der Waals surface area (Å²) < 4.78 is 10.2. The van der Waals surface area contributed by atoms with Crippen LogP contribution in [0, 0.1) is 6.92 Å². The van der Waals surface area contributed by atoms with Crippen molar-refractivity contribution in [3.63, 3.8) is 0 Å². The fourth-order valence-electron chi connectivity index (χ4n) is 1.86. The molecule has 0 amide bonds. The third-order valence-corrected chi connectivity index (χ3v) is 3.79. The van der Waals surface area contributed by atoms with Crippen molar-refractivity contribution in [2.24, 2.45) is 0 Å². The molecule has 1 atom stereocenters. The molecule has 0 aliphatic carbocycles. The molecule has 108 valence electrons. The van der Waals surface area contributed by atoms with Crippen LogP contribution in [0.1, 0.15) is 36.1 Å². The van der Waals surface area contributed by atoms with Crippen molar-refractivity contribution >= 4 is 22.4 Å². The number of ether oxygens (including phenoxy) is 2. The van der Waals surface area contributed by atoms with E-state index in [0.717, 1.165) is 16.6 Å². The van der Waals surface area contributed by atoms with Crippen LogP contribution in [0.5, 0.6) is 0 Å². The molecule has 1 aromatic heterocycles. The zero-order valence-corrected chi connectivity index (χ0v) is 13.0. The van der Waals surface area contributed by atoms with E-state index in [1.165, 1.54) is 11.3 Å². The Morgan fingerprint density at radius 3 is 2.68 bits per heavy atom. The van der Waals surface area contributed by atoms with Crippen molar-refractivity contribution < 1.29 is 14.3 Å². The summed E-state index contributed by atoms with van der Waals surface area (Å²) in [6.07, 6.45) is 0. The van der Waals surface area contributed by atoms with Crippen LogP contribution in [-0.2, 0) is 9.47 Å². The maximum Gasteiger partial charge on any atom is 0.358 e. The minimum Gasteiger partial charge on any atom is -0.461 e. The number of carbonyl (C=O) groups excluding carboxylic acids is 1. The van der Waals surface area contributed by atoms with Gasteiger partial charge in [0.25, 0.3) is 0 Å². The van der Waals surface area contributed by atoms with Crippen molar-refractivity contribution in [1.29, 1.82) is 0 Å². The highest BCUT2D eigenvalue weighted by Crippen LogP contribution is 2.27. The third kappa shape index (κ3) is 3.91. The summed E-state index contributed by atoms with van der Waals surface area (Å²) in [4.78, 5) is 19.2. The van der Waals surface area contributed by atoms with Crippen LogP contribution < -0.4 is 4.90 Å². The molecule has 0 radical (unpaired) electrons. The quantitative estimate of drug-likeness (QED) is 0.721. The summed E-state index contributed by atoms with van der Waals surface area (Å²) >= 11 is 1.51. The van der Waals surface area contributed by atoms with Crippen LogP contribution in [-0.4, -0.2) is 43.9 Å². The number of aromatic nitrogens is 1. The molecule has 6 heteroatoms. The Kier molecular flexibility index (Phi) is 6.24. The number of likely N-dealkylation sites (N-methyl/N-ethyl adjacent to an activating group) is 1. The second-order valence-corrected chi connectivity index (χ2v) is 5.39. The largest absolute Gasteiger partial charge is 0.461 e. The first kappa shape index (κ1) is 15.9. The standard InChI is InChI=1S/C13H22N2O3S/c1-6-15(9(3)8-17-5)13-14-11(10(4)19-13)12(16)18-7-2/h9H,6-8H2,1-5H3. The molecule has 1 rings (SSSR count). The first-order valence-electron chi connectivity index (χ1n) is 6.45. The second kappa shape index (κ2) is 7.45. The lowest BCUT2D eigenvalue weighted by atomic mass is 10.3. The first-order valence-corrected chi connectivity index (χ1v) is 7.26. The van der Waals surface area contributed by atoms with Gasteiger partial charge in [-0.25, -0.2) is 9.78 Å². The van der Waals surface area contributed by atoms with Gasteiger partial charge in [0.15, 0.2) is 10.8 Å². The third-order valence-electron chi connectivity index (χ3n) is 2.78. The number of anilines is 1. The summed E-state index contributed by atoms with van der Waals surface area (Å²) in [5, 5.41) is 0.840. The van der Waals surface area contributed by atoms with Gasteiger partial charge in [-0.05, 0) is 27.7 Å². The van der Waals surface area contributed by atoms with Gasteiger partial charge in [-0.15, -0.1) is 11.3 Å². The van der Waals surface area contributed by atoms with Gasteiger partial charge in [-0.3, -0.25) is 0 Å². The van der Waals surface area contributed by atoms with Gasteiger partial charge in [-0.1, -0.05) is 0 Å². The number of methoxy groups -OCH3 is 1. The monoisotopic (exact) mass is 286 g/mol. The number of hydrogen-bond donors (Lipinski definition) is 0. The fraction of sp³-hybridized carbons (Fsp3) is 0.692. The molecular formula is C13H22N2O3S. The zero-order chi connectivity index (χ0) is 14.4. The fourth-order valence-corrected chi connectivity index (χ4v) is 2.92. The summed E-state index contributed by atoms with van der Waals surface area (Å²) in [7, 11) is 1.68. The highest BCUT2D eigenvalue weighted by atomic mass is 32.1. The average molecular weight is 286 g/mol. The van der Waals surface area contributed by atoms with E-state index in [1.807, 2.05) is 6.92 Å². The van der Waals surface area contributed by atoms with Gasteiger partial charge in [0.1, 0.15) is 0 Å². The SMILES string of the molecule is CCOC(=O)c1nc(N(CC)C(C)COC)sc1C. The van der Waals surface area contributed by atoms with Crippen LogP contribution in [0.3, 0.4) is 0 Å². The highest BCUT2D eigenvalue weighted by Gasteiger charge is 2.21. The number of hydrogen-bond acceptors (Lipinski definition) is 6. The molecule has 1 unspecified atom stereocenters. The van der Waals surface area contributed by atoms with E-state index in [1.54, 1.807) is 14.0 Å². The molecular weight excluding hydrogens is 264 g/mol. The van der Waals surface area contributed by atoms with Crippen LogP contribution in [0.25, 0.3) is 0 Å². The van der Waals surface area contributed by atoms with Gasteiger partial charge in [0, 0.05) is 18.5 Å². The summed E-state index contributed by atoms with van der Waals surface area (Å²) in [5.41, 5.74) is 0.421. The van der Waals surface area contributed by atoms with Crippen molar-refractivity contribution in [1.82, 2.24) is 4.98 Å². The second-order valence-electron chi connectivity index (χ2n) is 4.21.